The fraction of sp³-hybridized carbons (Fsp3) is 0.286. The Morgan fingerprint density at radius 1 is 1.35 bits per heavy atom. The smallest absolute Gasteiger partial charge is 0.205 e. The summed E-state index contributed by atoms with van der Waals surface area (Å²) in [5.41, 5.74) is 3.62. The van der Waals surface area contributed by atoms with Gasteiger partial charge in [-0.05, 0) is 30.5 Å². The third-order valence-corrected chi connectivity index (χ3v) is 4.65. The zero-order valence-corrected chi connectivity index (χ0v) is 12.2. The molecule has 0 bridgehead atoms. The molecule has 0 aliphatic heterocycles. The molecule has 0 aliphatic rings. The molecular weight excluding hydrogens is 274 g/mol. The Kier molecular flexibility index (Phi) is 3.91. The van der Waals surface area contributed by atoms with Gasteiger partial charge in [0.1, 0.15) is 0 Å². The summed E-state index contributed by atoms with van der Waals surface area (Å²) >= 11 is 0. The fourth-order valence-corrected chi connectivity index (χ4v) is 2.63. The molecule has 1 heterocycles. The van der Waals surface area contributed by atoms with Gasteiger partial charge in [0.05, 0.1) is 30.6 Å². The van der Waals surface area contributed by atoms with Crippen LogP contribution in [-0.4, -0.2) is 23.4 Å². The van der Waals surface area contributed by atoms with Crippen LogP contribution in [0.3, 0.4) is 0 Å². The summed E-state index contributed by atoms with van der Waals surface area (Å²) in [7, 11) is -3.35. The molecule has 0 radical (unpaired) electrons. The minimum absolute atomic E-state index is 0.00819. The van der Waals surface area contributed by atoms with Crippen LogP contribution in [0, 0.1) is 18.3 Å². The number of nitriles is 1. The van der Waals surface area contributed by atoms with Gasteiger partial charge >= 0.3 is 0 Å². The average molecular weight is 289 g/mol. The molecule has 2 aromatic rings. The molecule has 6 heteroatoms. The molecule has 1 aromatic heterocycles. The van der Waals surface area contributed by atoms with Crippen molar-refractivity contribution in [3.05, 3.63) is 41.7 Å². The zero-order chi connectivity index (χ0) is 14.8. The molecule has 2 rings (SSSR count). The van der Waals surface area contributed by atoms with Crippen molar-refractivity contribution < 1.29 is 8.42 Å². The van der Waals surface area contributed by atoms with E-state index in [4.69, 9.17) is 5.26 Å². The van der Waals surface area contributed by atoms with Crippen molar-refractivity contribution in [2.75, 3.05) is 5.75 Å². The van der Waals surface area contributed by atoms with Gasteiger partial charge in [0, 0.05) is 5.56 Å². The van der Waals surface area contributed by atoms with E-state index in [0.29, 0.717) is 6.42 Å². The van der Waals surface area contributed by atoms with Crippen LogP contribution >= 0.6 is 0 Å². The van der Waals surface area contributed by atoms with Crippen molar-refractivity contribution in [1.82, 2.24) is 9.19 Å². The maximum atomic E-state index is 11.7. The first-order valence-electron chi connectivity index (χ1n) is 6.22. The van der Waals surface area contributed by atoms with Gasteiger partial charge < -0.3 is 0 Å². The second kappa shape index (κ2) is 5.47. The van der Waals surface area contributed by atoms with Crippen LogP contribution < -0.4 is 0 Å². The molecule has 0 atom stereocenters. The van der Waals surface area contributed by atoms with E-state index < -0.39 is 10.0 Å². The number of nitrogens with zero attached hydrogens (tertiary/aromatic N) is 3. The standard InChI is InChI=1S/C14H15N3O2S/c1-3-20(18,19)17-10-14(9-16-17)13-5-4-12(6-7-15)11(2)8-13/h4-5,8-10H,3,6H2,1-2H3. The highest BCUT2D eigenvalue weighted by atomic mass is 32.2. The molecule has 0 amide bonds. The molecule has 0 saturated heterocycles. The molecule has 0 spiro atoms. The van der Waals surface area contributed by atoms with Crippen LogP contribution in [0.15, 0.2) is 30.6 Å². The van der Waals surface area contributed by atoms with E-state index in [1.807, 2.05) is 25.1 Å². The predicted molar refractivity (Wildman–Crippen MR) is 76.6 cm³/mol. The Hall–Kier alpha value is -2.13. The summed E-state index contributed by atoms with van der Waals surface area (Å²) in [6.07, 6.45) is 3.42. The third-order valence-electron chi connectivity index (χ3n) is 3.16. The van der Waals surface area contributed by atoms with Crippen LogP contribution in [0.5, 0.6) is 0 Å². The highest BCUT2D eigenvalue weighted by Crippen LogP contribution is 2.22. The zero-order valence-electron chi connectivity index (χ0n) is 11.4. The SMILES string of the molecule is CCS(=O)(=O)n1cc(-c2ccc(CC#N)c(C)c2)cn1. The number of aryl methyl sites for hydroxylation is 1. The van der Waals surface area contributed by atoms with E-state index >= 15 is 0 Å². The van der Waals surface area contributed by atoms with Gasteiger partial charge in [-0.3, -0.25) is 0 Å². The summed E-state index contributed by atoms with van der Waals surface area (Å²) < 4.78 is 24.4. The van der Waals surface area contributed by atoms with Crippen LogP contribution in [0.4, 0.5) is 0 Å². The molecule has 0 saturated carbocycles. The van der Waals surface area contributed by atoms with Gasteiger partial charge in [0.25, 0.3) is 10.0 Å². The number of rotatable bonds is 4. The quantitative estimate of drug-likeness (QED) is 0.864. The third kappa shape index (κ3) is 2.73. The van der Waals surface area contributed by atoms with Crippen molar-refractivity contribution in [2.45, 2.75) is 20.3 Å². The lowest BCUT2D eigenvalue weighted by Gasteiger charge is -2.04. The van der Waals surface area contributed by atoms with Gasteiger partial charge in [0.15, 0.2) is 0 Å². The Labute approximate surface area is 118 Å². The highest BCUT2D eigenvalue weighted by Gasteiger charge is 2.12. The van der Waals surface area contributed by atoms with Gasteiger partial charge in [-0.1, -0.05) is 18.2 Å². The minimum Gasteiger partial charge on any atom is -0.205 e. The van der Waals surface area contributed by atoms with Crippen LogP contribution in [-0.2, 0) is 16.4 Å². The monoisotopic (exact) mass is 289 g/mol. The molecular formula is C14H15N3O2S. The van der Waals surface area contributed by atoms with Gasteiger partial charge in [-0.2, -0.15) is 14.4 Å². The predicted octanol–water partition coefficient (Wildman–Crippen LogP) is 2.12. The summed E-state index contributed by atoms with van der Waals surface area (Å²) in [4.78, 5) is 0. The summed E-state index contributed by atoms with van der Waals surface area (Å²) in [6, 6.07) is 7.82. The second-order valence-corrected chi connectivity index (χ2v) is 6.59. The van der Waals surface area contributed by atoms with E-state index in [9.17, 15) is 8.42 Å². The molecule has 0 N–H and O–H groups in total. The Morgan fingerprint density at radius 3 is 2.70 bits per heavy atom. The van der Waals surface area contributed by atoms with E-state index in [0.717, 1.165) is 26.3 Å². The van der Waals surface area contributed by atoms with E-state index in [1.54, 1.807) is 6.92 Å². The van der Waals surface area contributed by atoms with Crippen LogP contribution in [0.25, 0.3) is 11.1 Å². The van der Waals surface area contributed by atoms with Gasteiger partial charge in [-0.15, -0.1) is 0 Å². The Morgan fingerprint density at radius 2 is 2.10 bits per heavy atom. The number of hydrogen-bond acceptors (Lipinski definition) is 4. The first kappa shape index (κ1) is 14.3. The number of aromatic nitrogens is 2. The number of benzene rings is 1. The van der Waals surface area contributed by atoms with Crippen molar-refractivity contribution in [2.24, 2.45) is 0 Å². The maximum Gasteiger partial charge on any atom is 0.253 e. The van der Waals surface area contributed by atoms with Gasteiger partial charge in [-0.25, -0.2) is 8.42 Å². The van der Waals surface area contributed by atoms with Crippen LogP contribution in [0.2, 0.25) is 0 Å². The van der Waals surface area contributed by atoms with E-state index in [1.165, 1.54) is 12.4 Å². The highest BCUT2D eigenvalue weighted by molar-refractivity contribution is 7.89. The van der Waals surface area contributed by atoms with Gasteiger partial charge in [0.2, 0.25) is 0 Å². The average Bonchev–Trinajstić information content (AvgIpc) is 2.92. The normalized spacial score (nSPS) is 11.2. The Balaban J connectivity index is 2.39. The molecule has 5 nitrogen and oxygen atoms in total. The molecule has 20 heavy (non-hydrogen) atoms. The van der Waals surface area contributed by atoms with Crippen molar-refractivity contribution in [3.8, 4) is 17.2 Å². The maximum absolute atomic E-state index is 11.7. The lowest BCUT2D eigenvalue weighted by atomic mass is 10.0. The Bertz CT molecular complexity index is 770. The van der Waals surface area contributed by atoms with Crippen molar-refractivity contribution in [3.63, 3.8) is 0 Å². The minimum atomic E-state index is -3.35. The molecule has 0 aliphatic carbocycles. The number of hydrogen-bond donors (Lipinski definition) is 0. The summed E-state index contributed by atoms with van der Waals surface area (Å²) in [6.45, 7) is 3.51. The second-order valence-electron chi connectivity index (χ2n) is 4.48. The lowest BCUT2D eigenvalue weighted by Crippen LogP contribution is -2.14. The molecule has 0 unspecified atom stereocenters. The summed E-state index contributed by atoms with van der Waals surface area (Å²) in [5, 5.41) is 12.6. The first-order valence-corrected chi connectivity index (χ1v) is 7.83. The molecule has 0 fully saturated rings. The van der Waals surface area contributed by atoms with Crippen molar-refractivity contribution in [1.29, 1.82) is 5.26 Å². The first-order chi connectivity index (χ1) is 9.47. The molecule has 104 valence electrons. The van der Waals surface area contributed by atoms with Crippen molar-refractivity contribution >= 4 is 10.0 Å². The largest absolute Gasteiger partial charge is 0.253 e. The van der Waals surface area contributed by atoms with E-state index in [2.05, 4.69) is 11.2 Å². The lowest BCUT2D eigenvalue weighted by molar-refractivity contribution is 0.581. The fourth-order valence-electron chi connectivity index (χ4n) is 1.90. The molecule has 1 aromatic carbocycles. The summed E-state index contributed by atoms with van der Waals surface area (Å²) in [5.74, 6) is 0.00819. The topological polar surface area (TPSA) is 75.8 Å². The van der Waals surface area contributed by atoms with Crippen LogP contribution in [0.1, 0.15) is 18.1 Å². The van der Waals surface area contributed by atoms with E-state index in [-0.39, 0.29) is 5.75 Å².